The van der Waals surface area contributed by atoms with Crippen LogP contribution in [0.1, 0.15) is 57.6 Å². The van der Waals surface area contributed by atoms with Crippen molar-refractivity contribution in [2.45, 2.75) is 64.0 Å². The van der Waals surface area contributed by atoms with Crippen molar-refractivity contribution in [2.24, 2.45) is 11.8 Å². The van der Waals surface area contributed by atoms with Crippen LogP contribution in [-0.4, -0.2) is 79.3 Å². The second kappa shape index (κ2) is 8.57. The molecule has 2 saturated heterocycles. The zero-order valence-corrected chi connectivity index (χ0v) is 21.3. The van der Waals surface area contributed by atoms with E-state index in [0.29, 0.717) is 24.8 Å². The van der Waals surface area contributed by atoms with Crippen molar-refractivity contribution in [2.75, 3.05) is 46.0 Å². The number of phenols is 1. The fourth-order valence-electron chi connectivity index (χ4n) is 6.50. The van der Waals surface area contributed by atoms with E-state index in [-0.39, 0.29) is 22.7 Å². The normalized spacial score (nSPS) is 30.1. The number of hydrogen-bond acceptors (Lipinski definition) is 5. The van der Waals surface area contributed by atoms with Crippen molar-refractivity contribution in [3.8, 4) is 5.75 Å². The number of aromatic hydroxyl groups is 1. The molecule has 0 saturated carbocycles. The smallest absolute Gasteiger partial charge is 0.214 e. The second-order valence-corrected chi connectivity index (χ2v) is 13.3. The van der Waals surface area contributed by atoms with Crippen LogP contribution in [0.5, 0.6) is 5.75 Å². The lowest BCUT2D eigenvalue weighted by atomic mass is 9.62. The molecule has 2 fully saturated rings. The molecule has 1 aromatic rings. The first-order valence-corrected chi connectivity index (χ1v) is 13.8. The average Bonchev–Trinajstić information content (AvgIpc) is 2.71. The fraction of sp³-hybridized carbons (Fsp3) is 0.760. The predicted molar refractivity (Wildman–Crippen MR) is 129 cm³/mol. The monoisotopic (exact) mass is 463 g/mol. The summed E-state index contributed by atoms with van der Waals surface area (Å²) in [4.78, 5) is 5.09. The first-order valence-electron chi connectivity index (χ1n) is 12.2. The molecule has 3 aliphatic rings. The van der Waals surface area contributed by atoms with Crippen molar-refractivity contribution in [1.82, 2.24) is 14.1 Å². The summed E-state index contributed by atoms with van der Waals surface area (Å²) in [5, 5.41) is 10.1. The molecule has 1 N–H and O–H groups in total. The van der Waals surface area contributed by atoms with E-state index in [2.05, 4.69) is 36.9 Å². The van der Waals surface area contributed by atoms with Gasteiger partial charge in [-0.05, 0) is 80.3 Å². The minimum Gasteiger partial charge on any atom is -0.508 e. The Labute approximate surface area is 194 Å². The van der Waals surface area contributed by atoms with Gasteiger partial charge in [-0.3, -0.25) is 9.80 Å². The highest BCUT2D eigenvalue weighted by molar-refractivity contribution is 7.89. The molecule has 2 aliphatic heterocycles. The minimum atomic E-state index is -3.13. The van der Waals surface area contributed by atoms with Crippen LogP contribution >= 0.6 is 0 Å². The number of hydrogen-bond donors (Lipinski definition) is 1. The van der Waals surface area contributed by atoms with Crippen LogP contribution < -0.4 is 0 Å². The Kier molecular flexibility index (Phi) is 6.42. The molecule has 0 spiro atoms. The average molecular weight is 464 g/mol. The molecule has 0 radical (unpaired) electrons. The van der Waals surface area contributed by atoms with Crippen LogP contribution in [0.15, 0.2) is 18.2 Å². The van der Waals surface area contributed by atoms with E-state index in [1.165, 1.54) is 11.1 Å². The molecule has 180 valence electrons. The number of piperidine rings is 2. The molecular formula is C25H41N3O3S. The number of likely N-dealkylation sites (tertiary alicyclic amines) is 1. The zero-order valence-electron chi connectivity index (χ0n) is 20.5. The summed E-state index contributed by atoms with van der Waals surface area (Å²) in [5.41, 5.74) is 2.71. The van der Waals surface area contributed by atoms with Crippen LogP contribution in [0.2, 0.25) is 0 Å². The quantitative estimate of drug-likeness (QED) is 0.702. The Morgan fingerprint density at radius 3 is 2.56 bits per heavy atom. The third kappa shape index (κ3) is 4.33. The number of rotatable bonds is 6. The van der Waals surface area contributed by atoms with E-state index in [1.54, 1.807) is 4.31 Å². The van der Waals surface area contributed by atoms with Crippen molar-refractivity contribution >= 4 is 10.0 Å². The van der Waals surface area contributed by atoms with Gasteiger partial charge in [0.05, 0.1) is 11.4 Å². The van der Waals surface area contributed by atoms with E-state index >= 15 is 0 Å². The van der Waals surface area contributed by atoms with Gasteiger partial charge < -0.3 is 5.11 Å². The second-order valence-electron chi connectivity index (χ2n) is 11.3. The number of nitrogens with zero attached hydrogens (tertiary/aromatic N) is 3. The van der Waals surface area contributed by atoms with Gasteiger partial charge in [0.15, 0.2) is 0 Å². The largest absolute Gasteiger partial charge is 0.508 e. The molecule has 7 heteroatoms. The van der Waals surface area contributed by atoms with E-state index < -0.39 is 10.0 Å². The molecule has 0 amide bonds. The summed E-state index contributed by atoms with van der Waals surface area (Å²) in [7, 11) is 1.38. The zero-order chi connectivity index (χ0) is 23.3. The molecule has 6 nitrogen and oxygen atoms in total. The maximum Gasteiger partial charge on any atom is 0.214 e. The summed E-state index contributed by atoms with van der Waals surface area (Å²) in [6.45, 7) is 9.63. The number of fused-ring (bicyclic) bond motifs is 4. The lowest BCUT2D eigenvalue weighted by Gasteiger charge is -2.60. The molecule has 4 rings (SSSR count). The van der Waals surface area contributed by atoms with Gasteiger partial charge in [0, 0.05) is 32.6 Å². The van der Waals surface area contributed by atoms with Crippen LogP contribution in [0.3, 0.4) is 0 Å². The Morgan fingerprint density at radius 1 is 1.22 bits per heavy atom. The van der Waals surface area contributed by atoms with Gasteiger partial charge in [-0.25, -0.2) is 12.7 Å². The number of benzene rings is 1. The van der Waals surface area contributed by atoms with Crippen LogP contribution in [0.4, 0.5) is 0 Å². The maximum absolute atomic E-state index is 12.6. The number of likely N-dealkylation sites (N-methyl/N-ethyl adjacent to an activating group) is 2. The van der Waals surface area contributed by atoms with Gasteiger partial charge >= 0.3 is 0 Å². The third-order valence-corrected chi connectivity index (χ3v) is 10.6. The third-order valence-electron chi connectivity index (χ3n) is 8.35. The van der Waals surface area contributed by atoms with Crippen molar-refractivity contribution in [3.63, 3.8) is 0 Å². The molecule has 1 aliphatic carbocycles. The van der Waals surface area contributed by atoms with Gasteiger partial charge in [-0.1, -0.05) is 26.8 Å². The first kappa shape index (κ1) is 24.0. The summed E-state index contributed by atoms with van der Waals surface area (Å²) >= 11 is 0. The first-order chi connectivity index (χ1) is 14.9. The van der Waals surface area contributed by atoms with Gasteiger partial charge in [0.1, 0.15) is 5.75 Å². The molecule has 2 atom stereocenters. The summed E-state index contributed by atoms with van der Waals surface area (Å²) < 4.78 is 27.0. The van der Waals surface area contributed by atoms with Crippen molar-refractivity contribution in [1.29, 1.82) is 0 Å². The van der Waals surface area contributed by atoms with E-state index in [1.807, 2.05) is 26.0 Å². The Bertz CT molecular complexity index is 942. The van der Waals surface area contributed by atoms with Gasteiger partial charge in [0.2, 0.25) is 10.0 Å². The van der Waals surface area contributed by atoms with E-state index in [9.17, 15) is 13.5 Å². The summed E-state index contributed by atoms with van der Waals surface area (Å²) in [6.07, 6.45) is 4.99. The molecule has 2 heterocycles. The molecule has 2 bridgehead atoms. The molecular weight excluding hydrogens is 422 g/mol. The highest BCUT2D eigenvalue weighted by Crippen LogP contribution is 2.51. The topological polar surface area (TPSA) is 64.1 Å². The number of sulfonamides is 1. The Hall–Kier alpha value is -1.15. The lowest BCUT2D eigenvalue weighted by molar-refractivity contribution is -0.0951. The highest BCUT2D eigenvalue weighted by Gasteiger charge is 2.53. The lowest BCUT2D eigenvalue weighted by Crippen LogP contribution is -2.68. The van der Waals surface area contributed by atoms with E-state index in [0.717, 1.165) is 45.2 Å². The Morgan fingerprint density at radius 2 is 1.91 bits per heavy atom. The van der Waals surface area contributed by atoms with Gasteiger partial charge in [-0.2, -0.15) is 0 Å². The highest BCUT2D eigenvalue weighted by atomic mass is 32.2. The summed E-state index contributed by atoms with van der Waals surface area (Å²) in [5.74, 6) is 1.29. The van der Waals surface area contributed by atoms with Crippen LogP contribution in [0.25, 0.3) is 0 Å². The maximum atomic E-state index is 12.6. The number of phenolic OH excluding ortho intramolecular Hbond substituents is 1. The van der Waals surface area contributed by atoms with Gasteiger partial charge in [-0.15, -0.1) is 0 Å². The van der Waals surface area contributed by atoms with Crippen LogP contribution in [0, 0.1) is 11.8 Å². The fourth-order valence-corrected chi connectivity index (χ4v) is 8.32. The van der Waals surface area contributed by atoms with Crippen LogP contribution in [-0.2, 0) is 21.9 Å². The van der Waals surface area contributed by atoms with Crippen molar-refractivity contribution < 1.29 is 13.5 Å². The van der Waals surface area contributed by atoms with Crippen molar-refractivity contribution in [3.05, 3.63) is 29.3 Å². The van der Waals surface area contributed by atoms with Gasteiger partial charge in [0.25, 0.3) is 0 Å². The standard InChI is InChI=1S/C25H41N3O3S/c1-19(2)17-32(30,31)28-11-8-20(9-12-28)16-27(5)25-15-21-6-7-22(29)14-23(21)24(3,18-25)10-13-26(25)4/h6-7,14,19-20,29H,8-13,15-18H2,1-5H3. The van der Waals surface area contributed by atoms with E-state index in [4.69, 9.17) is 0 Å². The summed E-state index contributed by atoms with van der Waals surface area (Å²) in [6, 6.07) is 5.92. The SMILES string of the molecule is CC(C)CS(=O)(=O)N1CCC(CN(C)C23Cc4ccc(O)cc4C(C)(CCN2C)C3)CC1. The molecule has 2 unspecified atom stereocenters. The molecule has 0 aromatic heterocycles. The minimum absolute atomic E-state index is 0.0299. The molecule has 1 aromatic carbocycles. The Balaban J connectivity index is 1.48. The predicted octanol–water partition coefficient (Wildman–Crippen LogP) is 3.26. The molecule has 32 heavy (non-hydrogen) atoms.